The summed E-state index contributed by atoms with van der Waals surface area (Å²) in [5.74, 6) is -0.352. The van der Waals surface area contributed by atoms with Crippen molar-refractivity contribution in [3.05, 3.63) is 89.7 Å². The molecule has 0 fully saturated rings. The summed E-state index contributed by atoms with van der Waals surface area (Å²) in [7, 11) is 5.36. The molecule has 0 unspecified atom stereocenters. The third kappa shape index (κ3) is 6.16. The molecule has 0 spiro atoms. The van der Waals surface area contributed by atoms with Gasteiger partial charge in [0.1, 0.15) is 6.29 Å². The number of hydrogen-bond donors (Lipinski definition) is 1. The summed E-state index contributed by atoms with van der Waals surface area (Å²) in [4.78, 5) is 32.7. The Morgan fingerprint density at radius 1 is 1.03 bits per heavy atom. The maximum absolute atomic E-state index is 11.6. The van der Waals surface area contributed by atoms with Crippen LogP contribution in [0.4, 0.5) is 5.69 Å². The van der Waals surface area contributed by atoms with Gasteiger partial charge in [-0.05, 0) is 85.7 Å². The van der Waals surface area contributed by atoms with Crippen molar-refractivity contribution in [3.63, 3.8) is 0 Å². The predicted octanol–water partition coefficient (Wildman–Crippen LogP) is 6.26. The summed E-state index contributed by atoms with van der Waals surface area (Å²) in [5.41, 5.74) is 5.25. The number of pyridine rings is 1. The Kier molecular flexibility index (Phi) is 7.97. The molecule has 0 aliphatic rings. The smallest absolute Gasteiger partial charge is 0.337 e. The first-order valence-corrected chi connectivity index (χ1v) is 12.5. The Morgan fingerprint density at radius 3 is 2.46 bits per heavy atom. The zero-order chi connectivity index (χ0) is 24.8. The lowest BCUT2D eigenvalue weighted by Gasteiger charge is -2.12. The molecule has 2 aromatic heterocycles. The molecular formula is C27H25N3O3S2. The highest BCUT2D eigenvalue weighted by molar-refractivity contribution is 8.00. The maximum Gasteiger partial charge on any atom is 0.337 e. The molecule has 1 N–H and O–H groups in total. The molecule has 2 heterocycles. The van der Waals surface area contributed by atoms with Crippen LogP contribution in [-0.2, 0) is 11.3 Å². The molecule has 6 nitrogen and oxygen atoms in total. The fraction of sp³-hybridized carbons (Fsp3) is 0.148. The topological polar surface area (TPSA) is 71.5 Å². The van der Waals surface area contributed by atoms with Crippen molar-refractivity contribution in [2.24, 2.45) is 0 Å². The lowest BCUT2D eigenvalue weighted by atomic mass is 10.0. The van der Waals surface area contributed by atoms with E-state index >= 15 is 0 Å². The first kappa shape index (κ1) is 24.7. The number of benzene rings is 2. The van der Waals surface area contributed by atoms with Gasteiger partial charge in [-0.1, -0.05) is 12.1 Å². The molecule has 0 aliphatic carbocycles. The Bertz CT molecular complexity index is 1330. The van der Waals surface area contributed by atoms with Gasteiger partial charge in [-0.15, -0.1) is 11.3 Å². The average molecular weight is 504 g/mol. The van der Waals surface area contributed by atoms with Gasteiger partial charge in [-0.25, -0.2) is 4.79 Å². The molecule has 0 atom stereocenters. The van der Waals surface area contributed by atoms with Gasteiger partial charge in [-0.2, -0.15) is 0 Å². The van der Waals surface area contributed by atoms with E-state index in [1.54, 1.807) is 29.7 Å². The van der Waals surface area contributed by atoms with Crippen LogP contribution in [-0.4, -0.2) is 43.3 Å². The number of ether oxygens (including phenoxy) is 1. The second-order valence-electron chi connectivity index (χ2n) is 8.12. The maximum atomic E-state index is 11.6. The largest absolute Gasteiger partial charge is 0.465 e. The second-order valence-corrected chi connectivity index (χ2v) is 10.1. The van der Waals surface area contributed by atoms with Crippen molar-refractivity contribution in [1.29, 1.82) is 0 Å². The van der Waals surface area contributed by atoms with Gasteiger partial charge in [-0.3, -0.25) is 9.78 Å². The van der Waals surface area contributed by atoms with Gasteiger partial charge in [0.05, 0.1) is 24.6 Å². The number of aldehydes is 1. The number of esters is 1. The van der Waals surface area contributed by atoms with Crippen LogP contribution in [0.25, 0.3) is 20.9 Å². The summed E-state index contributed by atoms with van der Waals surface area (Å²) in [6, 6.07) is 19.5. The Morgan fingerprint density at radius 2 is 1.77 bits per heavy atom. The van der Waals surface area contributed by atoms with E-state index in [4.69, 9.17) is 4.74 Å². The molecule has 0 saturated heterocycles. The third-order valence-electron chi connectivity index (χ3n) is 5.23. The fourth-order valence-electron chi connectivity index (χ4n) is 3.53. The van der Waals surface area contributed by atoms with Crippen LogP contribution in [0.1, 0.15) is 26.3 Å². The summed E-state index contributed by atoms with van der Waals surface area (Å²) in [6.07, 6.45) is 4.54. The van der Waals surface area contributed by atoms with Crippen LogP contribution < -0.4 is 4.72 Å². The highest BCUT2D eigenvalue weighted by Crippen LogP contribution is 2.36. The normalized spacial score (nSPS) is 10.9. The molecule has 0 aliphatic heterocycles. The van der Waals surface area contributed by atoms with Gasteiger partial charge >= 0.3 is 5.97 Å². The van der Waals surface area contributed by atoms with Gasteiger partial charge in [0.2, 0.25) is 0 Å². The van der Waals surface area contributed by atoms with E-state index in [1.807, 2.05) is 44.6 Å². The van der Waals surface area contributed by atoms with Gasteiger partial charge < -0.3 is 14.4 Å². The highest BCUT2D eigenvalue weighted by Gasteiger charge is 2.10. The molecule has 0 bridgehead atoms. The van der Waals surface area contributed by atoms with E-state index in [9.17, 15) is 9.59 Å². The number of hydrogen-bond acceptors (Lipinski definition) is 8. The van der Waals surface area contributed by atoms with Crippen LogP contribution in [0.5, 0.6) is 0 Å². The monoisotopic (exact) mass is 503 g/mol. The minimum Gasteiger partial charge on any atom is -0.465 e. The molecule has 4 rings (SSSR count). The van der Waals surface area contributed by atoms with Crippen molar-refractivity contribution in [2.45, 2.75) is 11.4 Å². The minimum atomic E-state index is -0.352. The summed E-state index contributed by atoms with van der Waals surface area (Å²) >= 11 is 3.14. The quantitative estimate of drug-likeness (QED) is 0.164. The number of carbonyl (C=O) groups is 2. The van der Waals surface area contributed by atoms with Gasteiger partial charge in [0.25, 0.3) is 0 Å². The second kappa shape index (κ2) is 11.3. The number of thiophene rings is 1. The first-order chi connectivity index (χ1) is 17.0. The van der Waals surface area contributed by atoms with Crippen molar-refractivity contribution in [1.82, 2.24) is 9.88 Å². The van der Waals surface area contributed by atoms with Crippen LogP contribution in [0.2, 0.25) is 0 Å². The van der Waals surface area contributed by atoms with Crippen molar-refractivity contribution in [3.8, 4) is 20.9 Å². The van der Waals surface area contributed by atoms with Gasteiger partial charge in [0, 0.05) is 38.5 Å². The number of nitrogens with zero attached hydrogens (tertiary/aromatic N) is 2. The number of nitrogens with one attached hydrogen (secondary N) is 1. The van der Waals surface area contributed by atoms with E-state index in [2.05, 4.69) is 38.9 Å². The fourth-order valence-corrected chi connectivity index (χ4v) is 5.13. The zero-order valence-corrected chi connectivity index (χ0v) is 21.3. The van der Waals surface area contributed by atoms with Crippen molar-refractivity contribution < 1.29 is 14.3 Å². The lowest BCUT2D eigenvalue weighted by Crippen LogP contribution is -2.12. The summed E-state index contributed by atoms with van der Waals surface area (Å²) in [5, 5.41) is 0. The van der Waals surface area contributed by atoms with Gasteiger partial charge in [0.15, 0.2) is 0 Å². The molecule has 4 aromatic rings. The summed E-state index contributed by atoms with van der Waals surface area (Å²) in [6.45, 7) is 0.709. The van der Waals surface area contributed by atoms with Crippen molar-refractivity contribution in [2.75, 3.05) is 25.9 Å². The molecule has 0 saturated carbocycles. The first-order valence-electron chi connectivity index (χ1n) is 10.9. The highest BCUT2D eigenvalue weighted by atomic mass is 32.2. The van der Waals surface area contributed by atoms with Crippen LogP contribution >= 0.6 is 23.3 Å². The van der Waals surface area contributed by atoms with Crippen LogP contribution in [0.3, 0.4) is 0 Å². The third-order valence-corrected chi connectivity index (χ3v) is 7.26. The molecule has 0 radical (unpaired) electrons. The number of carbonyl (C=O) groups excluding carboxylic acids is 2. The molecule has 8 heteroatoms. The molecule has 0 amide bonds. The summed E-state index contributed by atoms with van der Waals surface area (Å²) < 4.78 is 8.05. The van der Waals surface area contributed by atoms with E-state index in [0.717, 1.165) is 48.9 Å². The van der Waals surface area contributed by atoms with E-state index in [1.165, 1.54) is 19.1 Å². The zero-order valence-electron chi connectivity index (χ0n) is 19.6. The van der Waals surface area contributed by atoms with Crippen molar-refractivity contribution >= 4 is 41.2 Å². The standard InChI is InChI=1S/C27H25N3O3S2/c1-30(2)16-22-12-19(4-5-20(22)17-31)25-10-11-26(34-25)21-13-23(15-28-14-21)29-35-24-8-6-18(7-9-24)27(32)33-3/h4-15,17,29H,16H2,1-3H3. The number of rotatable bonds is 9. The van der Waals surface area contributed by atoms with E-state index < -0.39 is 0 Å². The number of aromatic nitrogens is 1. The predicted molar refractivity (Wildman–Crippen MR) is 143 cm³/mol. The Hall–Kier alpha value is -3.46. The SMILES string of the molecule is COC(=O)c1ccc(SNc2cncc(-c3ccc(-c4ccc(C=O)c(CN(C)C)c4)s3)c2)cc1. The lowest BCUT2D eigenvalue weighted by molar-refractivity contribution is 0.0600. The molecular weight excluding hydrogens is 478 g/mol. The van der Waals surface area contributed by atoms with E-state index in [-0.39, 0.29) is 5.97 Å². The molecule has 2 aromatic carbocycles. The minimum absolute atomic E-state index is 0.352. The average Bonchev–Trinajstić information content (AvgIpc) is 3.38. The Labute approximate surface area is 213 Å². The van der Waals surface area contributed by atoms with Crippen LogP contribution in [0.15, 0.2) is 78.0 Å². The van der Waals surface area contributed by atoms with Crippen LogP contribution in [0, 0.1) is 0 Å². The Balaban J connectivity index is 1.48. The number of anilines is 1. The van der Waals surface area contributed by atoms with E-state index in [0.29, 0.717) is 12.1 Å². The number of methoxy groups -OCH3 is 1. The molecule has 35 heavy (non-hydrogen) atoms. The molecule has 178 valence electrons.